The highest BCUT2D eigenvalue weighted by Crippen LogP contribution is 2.32. The van der Waals surface area contributed by atoms with Gasteiger partial charge >= 0.3 is 0 Å². The van der Waals surface area contributed by atoms with Crippen LogP contribution in [0.1, 0.15) is 13.3 Å². The van der Waals surface area contributed by atoms with Crippen LogP contribution >= 0.6 is 23.4 Å². The monoisotopic (exact) mass is 324 g/mol. The Kier molecular flexibility index (Phi) is 5.35. The third-order valence-electron chi connectivity index (χ3n) is 2.48. The first-order valence-electron chi connectivity index (χ1n) is 6.29. The zero-order valence-corrected chi connectivity index (χ0v) is 12.8. The van der Waals surface area contributed by atoms with Gasteiger partial charge in [-0.1, -0.05) is 18.5 Å². The van der Waals surface area contributed by atoms with Crippen molar-refractivity contribution in [2.75, 3.05) is 11.9 Å². The zero-order valence-electron chi connectivity index (χ0n) is 11.2. The molecule has 0 radical (unpaired) electrons. The molecule has 0 aliphatic rings. The van der Waals surface area contributed by atoms with Crippen molar-refractivity contribution in [3.05, 3.63) is 45.6 Å². The van der Waals surface area contributed by atoms with Gasteiger partial charge in [0.1, 0.15) is 15.9 Å². The number of nitro groups is 1. The van der Waals surface area contributed by atoms with Crippen LogP contribution in [0, 0.1) is 10.1 Å². The summed E-state index contributed by atoms with van der Waals surface area (Å²) in [5.74, 6) is 0.473. The van der Waals surface area contributed by atoms with Crippen LogP contribution in [0.3, 0.4) is 0 Å². The highest BCUT2D eigenvalue weighted by atomic mass is 35.5. The molecule has 0 aromatic carbocycles. The van der Waals surface area contributed by atoms with E-state index in [1.807, 2.05) is 6.92 Å². The van der Waals surface area contributed by atoms with E-state index in [-0.39, 0.29) is 5.69 Å². The average molecular weight is 325 g/mol. The molecule has 8 heteroatoms. The SMILES string of the molecule is CCCNc1cc([N+](=O)[O-])cc(Sc2ncccc2Cl)n1. The van der Waals surface area contributed by atoms with Crippen molar-refractivity contribution in [3.8, 4) is 0 Å². The molecule has 0 saturated carbocycles. The molecular formula is C13H13ClN4O2S. The Morgan fingerprint density at radius 1 is 1.48 bits per heavy atom. The molecule has 0 atom stereocenters. The topological polar surface area (TPSA) is 81.0 Å². The van der Waals surface area contributed by atoms with E-state index in [1.54, 1.807) is 18.3 Å². The Balaban J connectivity index is 2.31. The van der Waals surface area contributed by atoms with Crippen LogP contribution in [0.5, 0.6) is 0 Å². The number of anilines is 1. The number of nitrogens with one attached hydrogen (secondary N) is 1. The highest BCUT2D eigenvalue weighted by Gasteiger charge is 2.13. The number of hydrogen-bond acceptors (Lipinski definition) is 6. The Bertz CT molecular complexity index is 654. The van der Waals surface area contributed by atoms with Gasteiger partial charge in [-0.15, -0.1) is 0 Å². The maximum absolute atomic E-state index is 11.0. The quantitative estimate of drug-likeness (QED) is 0.638. The third kappa shape index (κ3) is 4.30. The minimum absolute atomic E-state index is 0.0156. The summed E-state index contributed by atoms with van der Waals surface area (Å²) in [7, 11) is 0. The van der Waals surface area contributed by atoms with Crippen molar-refractivity contribution < 1.29 is 4.92 Å². The average Bonchev–Trinajstić information content (AvgIpc) is 2.47. The second-order valence-electron chi connectivity index (χ2n) is 4.13. The van der Waals surface area contributed by atoms with Crippen LogP contribution in [-0.4, -0.2) is 21.4 Å². The Hall–Kier alpha value is -1.86. The van der Waals surface area contributed by atoms with Crippen LogP contribution in [0.15, 0.2) is 40.5 Å². The first kappa shape index (κ1) is 15.5. The molecule has 0 aliphatic heterocycles. The van der Waals surface area contributed by atoms with Crippen LogP contribution < -0.4 is 5.32 Å². The van der Waals surface area contributed by atoms with Gasteiger partial charge < -0.3 is 5.32 Å². The Morgan fingerprint density at radius 2 is 2.29 bits per heavy atom. The minimum atomic E-state index is -0.442. The summed E-state index contributed by atoms with van der Waals surface area (Å²) in [6.07, 6.45) is 2.51. The summed E-state index contributed by atoms with van der Waals surface area (Å²) in [4.78, 5) is 19.0. The van der Waals surface area contributed by atoms with Gasteiger partial charge in [-0.2, -0.15) is 0 Å². The number of aromatic nitrogens is 2. The van der Waals surface area contributed by atoms with E-state index in [9.17, 15) is 10.1 Å². The largest absolute Gasteiger partial charge is 0.370 e. The summed E-state index contributed by atoms with van der Waals surface area (Å²) >= 11 is 7.23. The van der Waals surface area contributed by atoms with Gasteiger partial charge in [-0.3, -0.25) is 10.1 Å². The fourth-order valence-corrected chi connectivity index (χ4v) is 2.58. The van der Waals surface area contributed by atoms with E-state index < -0.39 is 4.92 Å². The lowest BCUT2D eigenvalue weighted by Crippen LogP contribution is -2.03. The number of nitrogens with zero attached hydrogens (tertiary/aromatic N) is 3. The van der Waals surface area contributed by atoms with Crippen molar-refractivity contribution in [3.63, 3.8) is 0 Å². The van der Waals surface area contributed by atoms with E-state index in [0.717, 1.165) is 6.42 Å². The fourth-order valence-electron chi connectivity index (χ4n) is 1.54. The first-order chi connectivity index (χ1) is 10.1. The van der Waals surface area contributed by atoms with Gasteiger partial charge in [0.15, 0.2) is 0 Å². The van der Waals surface area contributed by atoms with Crippen LogP contribution in [-0.2, 0) is 0 Å². The zero-order chi connectivity index (χ0) is 15.2. The number of pyridine rings is 2. The second-order valence-corrected chi connectivity index (χ2v) is 5.54. The maximum atomic E-state index is 11.0. The summed E-state index contributed by atoms with van der Waals surface area (Å²) < 4.78 is 0. The van der Waals surface area contributed by atoms with E-state index >= 15 is 0 Å². The van der Waals surface area contributed by atoms with Crippen molar-refractivity contribution in [2.45, 2.75) is 23.4 Å². The maximum Gasteiger partial charge on any atom is 0.275 e. The molecule has 0 saturated heterocycles. The molecule has 2 heterocycles. The van der Waals surface area contributed by atoms with E-state index in [4.69, 9.17) is 11.6 Å². The summed E-state index contributed by atoms with van der Waals surface area (Å²) in [6, 6.07) is 6.26. The van der Waals surface area contributed by atoms with Crippen molar-refractivity contribution in [1.82, 2.24) is 9.97 Å². The molecule has 6 nitrogen and oxygen atoms in total. The fraction of sp³-hybridized carbons (Fsp3) is 0.231. The molecule has 110 valence electrons. The summed E-state index contributed by atoms with van der Waals surface area (Å²) in [5, 5.41) is 15.6. The van der Waals surface area contributed by atoms with Gasteiger partial charge in [0, 0.05) is 18.8 Å². The predicted molar refractivity (Wildman–Crippen MR) is 83.0 cm³/mol. The lowest BCUT2D eigenvalue weighted by atomic mass is 10.4. The standard InChI is InChI=1S/C13H13ClN4O2S/c1-2-5-15-11-7-9(18(19)20)8-12(17-11)21-13-10(14)4-3-6-16-13/h3-4,6-8H,2,5H2,1H3,(H,15,17). The molecule has 0 unspecified atom stereocenters. The molecule has 2 rings (SSSR count). The minimum Gasteiger partial charge on any atom is -0.370 e. The van der Waals surface area contributed by atoms with Gasteiger partial charge in [-0.25, -0.2) is 9.97 Å². The molecule has 21 heavy (non-hydrogen) atoms. The van der Waals surface area contributed by atoms with Crippen molar-refractivity contribution in [1.29, 1.82) is 0 Å². The molecule has 2 aromatic heterocycles. The van der Waals surface area contributed by atoms with E-state index in [2.05, 4.69) is 15.3 Å². The van der Waals surface area contributed by atoms with Gasteiger partial charge in [0.05, 0.1) is 16.0 Å². The predicted octanol–water partition coefficient (Wildman–Crippen LogP) is 4.01. The molecular weight excluding hydrogens is 312 g/mol. The molecule has 2 aromatic rings. The van der Waals surface area contributed by atoms with Crippen LogP contribution in [0.4, 0.5) is 11.5 Å². The van der Waals surface area contributed by atoms with Crippen molar-refractivity contribution in [2.24, 2.45) is 0 Å². The first-order valence-corrected chi connectivity index (χ1v) is 7.48. The summed E-state index contributed by atoms with van der Waals surface area (Å²) in [6.45, 7) is 2.70. The molecule has 0 amide bonds. The van der Waals surface area contributed by atoms with E-state index in [1.165, 1.54) is 23.9 Å². The molecule has 0 fully saturated rings. The molecule has 1 N–H and O–H groups in total. The smallest absolute Gasteiger partial charge is 0.275 e. The molecule has 0 aliphatic carbocycles. The van der Waals surface area contributed by atoms with Gasteiger partial charge in [-0.05, 0) is 30.3 Å². The second kappa shape index (κ2) is 7.24. The highest BCUT2D eigenvalue weighted by molar-refractivity contribution is 7.99. The third-order valence-corrected chi connectivity index (χ3v) is 3.83. The van der Waals surface area contributed by atoms with Crippen LogP contribution in [0.2, 0.25) is 5.02 Å². The van der Waals surface area contributed by atoms with Crippen molar-refractivity contribution >= 4 is 34.9 Å². The van der Waals surface area contributed by atoms with Gasteiger partial charge in [0.25, 0.3) is 5.69 Å². The lowest BCUT2D eigenvalue weighted by molar-refractivity contribution is -0.385. The Morgan fingerprint density at radius 3 is 2.95 bits per heavy atom. The van der Waals surface area contributed by atoms with E-state index in [0.29, 0.717) is 27.4 Å². The lowest BCUT2D eigenvalue weighted by Gasteiger charge is -2.07. The normalized spacial score (nSPS) is 10.4. The Labute approximate surface area is 131 Å². The molecule has 0 bridgehead atoms. The number of hydrogen-bond donors (Lipinski definition) is 1. The van der Waals surface area contributed by atoms with Gasteiger partial charge in [0.2, 0.25) is 0 Å². The number of halogens is 1. The summed E-state index contributed by atoms with van der Waals surface area (Å²) in [5.41, 5.74) is -0.0156. The van der Waals surface area contributed by atoms with Crippen LogP contribution in [0.25, 0.3) is 0 Å². The number of rotatable bonds is 6. The molecule has 0 spiro atoms.